The number of ether oxygens (including phenoxy) is 3. The fraction of sp³-hybridized carbons (Fsp3) is 0.448. The lowest BCUT2D eigenvalue weighted by molar-refractivity contribution is 0.0358. The summed E-state index contributed by atoms with van der Waals surface area (Å²) in [7, 11) is 0. The van der Waals surface area contributed by atoms with E-state index >= 15 is 0 Å². The maximum Gasteiger partial charge on any atom is 0.411 e. The Balaban J connectivity index is 1.53. The van der Waals surface area contributed by atoms with Gasteiger partial charge in [0.05, 0.1) is 43.2 Å². The molecule has 1 aliphatic heterocycles. The van der Waals surface area contributed by atoms with Crippen molar-refractivity contribution in [1.29, 1.82) is 5.26 Å². The topological polar surface area (TPSA) is 88.8 Å². The standard InChI is InChI=1S/C29H36N4O4/c1-3-5-15-37-29(34)31-23-9-6-8-22(19-23)28-26(21-30)25-11-10-24(20-27(25)33(28)4-2)36-16-7-12-32-13-17-35-18-14-32/h6,8-11,19-20H,3-5,7,12-18H2,1-2H3,(H,31,34). The Bertz CT molecular complexity index is 1240. The highest BCUT2D eigenvalue weighted by Crippen LogP contribution is 2.36. The first-order valence-corrected chi connectivity index (χ1v) is 13.2. The van der Waals surface area contributed by atoms with Gasteiger partial charge in [0.25, 0.3) is 0 Å². The van der Waals surface area contributed by atoms with E-state index in [1.807, 2.05) is 49.4 Å². The van der Waals surface area contributed by atoms with Crippen molar-refractivity contribution < 1.29 is 19.0 Å². The molecule has 1 aromatic heterocycles. The lowest BCUT2D eigenvalue weighted by atomic mass is 10.1. The molecular weight excluding hydrogens is 468 g/mol. The van der Waals surface area contributed by atoms with Gasteiger partial charge < -0.3 is 18.8 Å². The number of morpholine rings is 1. The third-order valence-corrected chi connectivity index (χ3v) is 6.57. The number of nitrogens with zero attached hydrogens (tertiary/aromatic N) is 3. The summed E-state index contributed by atoms with van der Waals surface area (Å²) in [6.07, 6.45) is 2.26. The van der Waals surface area contributed by atoms with Crippen molar-refractivity contribution in [3.8, 4) is 23.1 Å². The number of aryl methyl sites for hydroxylation is 1. The Hall–Kier alpha value is -3.54. The third-order valence-electron chi connectivity index (χ3n) is 6.57. The summed E-state index contributed by atoms with van der Waals surface area (Å²) in [5, 5.41) is 13.8. The van der Waals surface area contributed by atoms with Crippen molar-refractivity contribution >= 4 is 22.7 Å². The quantitative estimate of drug-likeness (QED) is 0.340. The molecule has 2 heterocycles. The van der Waals surface area contributed by atoms with Crippen LogP contribution in [0.15, 0.2) is 42.5 Å². The first-order chi connectivity index (χ1) is 18.1. The fourth-order valence-corrected chi connectivity index (χ4v) is 4.67. The number of rotatable bonds is 11. The van der Waals surface area contributed by atoms with Gasteiger partial charge in [0.1, 0.15) is 11.8 Å². The number of hydrogen-bond donors (Lipinski definition) is 1. The van der Waals surface area contributed by atoms with Gasteiger partial charge in [0.2, 0.25) is 0 Å². The summed E-state index contributed by atoms with van der Waals surface area (Å²) >= 11 is 0. The van der Waals surface area contributed by atoms with E-state index < -0.39 is 6.09 Å². The smallest absolute Gasteiger partial charge is 0.411 e. The highest BCUT2D eigenvalue weighted by atomic mass is 16.5. The molecule has 0 aliphatic carbocycles. The number of unbranched alkanes of at least 4 members (excludes halogenated alkanes) is 1. The lowest BCUT2D eigenvalue weighted by Gasteiger charge is -2.26. The minimum Gasteiger partial charge on any atom is -0.493 e. The molecule has 1 amide bonds. The fourth-order valence-electron chi connectivity index (χ4n) is 4.67. The van der Waals surface area contributed by atoms with Gasteiger partial charge in [-0.05, 0) is 44.0 Å². The second-order valence-electron chi connectivity index (χ2n) is 9.11. The molecule has 0 unspecified atom stereocenters. The van der Waals surface area contributed by atoms with Crippen LogP contribution in [0.4, 0.5) is 10.5 Å². The van der Waals surface area contributed by atoms with Crippen LogP contribution in [0.1, 0.15) is 38.7 Å². The van der Waals surface area contributed by atoms with Gasteiger partial charge in [0, 0.05) is 48.9 Å². The molecule has 0 saturated carbocycles. The molecule has 4 rings (SSSR count). The van der Waals surface area contributed by atoms with Gasteiger partial charge in [-0.25, -0.2) is 4.79 Å². The van der Waals surface area contributed by atoms with Gasteiger partial charge in [-0.1, -0.05) is 25.5 Å². The second kappa shape index (κ2) is 13.1. The van der Waals surface area contributed by atoms with Crippen molar-refractivity contribution in [3.63, 3.8) is 0 Å². The van der Waals surface area contributed by atoms with Crippen molar-refractivity contribution in [2.75, 3.05) is 51.4 Å². The number of amides is 1. The molecule has 1 aliphatic rings. The van der Waals surface area contributed by atoms with E-state index in [-0.39, 0.29) is 0 Å². The molecule has 1 fully saturated rings. The van der Waals surface area contributed by atoms with Crippen molar-refractivity contribution in [3.05, 3.63) is 48.0 Å². The van der Waals surface area contributed by atoms with E-state index in [1.165, 1.54) is 0 Å². The second-order valence-corrected chi connectivity index (χ2v) is 9.11. The molecular formula is C29H36N4O4. The molecule has 0 spiro atoms. The summed E-state index contributed by atoms with van der Waals surface area (Å²) in [6.45, 7) is 10.4. The van der Waals surface area contributed by atoms with Crippen molar-refractivity contribution in [2.24, 2.45) is 0 Å². The number of aromatic nitrogens is 1. The van der Waals surface area contributed by atoms with Gasteiger partial charge >= 0.3 is 6.09 Å². The Labute approximate surface area is 218 Å². The summed E-state index contributed by atoms with van der Waals surface area (Å²) < 4.78 is 18.9. The number of carbonyl (C=O) groups is 1. The number of hydrogen-bond acceptors (Lipinski definition) is 6. The van der Waals surface area contributed by atoms with Crippen LogP contribution in [-0.2, 0) is 16.0 Å². The van der Waals surface area contributed by atoms with E-state index in [9.17, 15) is 10.1 Å². The molecule has 1 saturated heterocycles. The largest absolute Gasteiger partial charge is 0.493 e. The Morgan fingerprint density at radius 1 is 1.11 bits per heavy atom. The van der Waals surface area contributed by atoms with Crippen LogP contribution < -0.4 is 10.1 Å². The number of benzene rings is 2. The molecule has 196 valence electrons. The summed E-state index contributed by atoms with van der Waals surface area (Å²) in [6, 6.07) is 15.9. The van der Waals surface area contributed by atoms with Gasteiger partial charge in [-0.3, -0.25) is 10.2 Å². The Kier molecular flexibility index (Phi) is 9.41. The van der Waals surface area contributed by atoms with Gasteiger partial charge in [0.15, 0.2) is 0 Å². The zero-order valence-electron chi connectivity index (χ0n) is 21.8. The number of nitrogens with one attached hydrogen (secondary N) is 1. The maximum absolute atomic E-state index is 12.1. The monoisotopic (exact) mass is 504 g/mol. The lowest BCUT2D eigenvalue weighted by Crippen LogP contribution is -2.37. The van der Waals surface area contributed by atoms with E-state index in [1.54, 1.807) is 0 Å². The van der Waals surface area contributed by atoms with E-state index in [0.29, 0.717) is 31.0 Å². The third kappa shape index (κ3) is 6.62. The maximum atomic E-state index is 12.1. The molecule has 0 atom stereocenters. The SMILES string of the molecule is CCCCOC(=O)Nc1cccc(-c2c(C#N)c3ccc(OCCCN4CCOCC4)cc3n2CC)c1. The van der Waals surface area contributed by atoms with Gasteiger partial charge in [-0.15, -0.1) is 0 Å². The number of anilines is 1. The van der Waals surface area contributed by atoms with Crippen LogP contribution >= 0.6 is 0 Å². The number of fused-ring (bicyclic) bond motifs is 1. The minimum absolute atomic E-state index is 0.391. The molecule has 0 radical (unpaired) electrons. The summed E-state index contributed by atoms with van der Waals surface area (Å²) in [5.41, 5.74) is 3.87. The molecule has 37 heavy (non-hydrogen) atoms. The molecule has 0 bridgehead atoms. The van der Waals surface area contributed by atoms with E-state index in [0.717, 1.165) is 80.0 Å². The van der Waals surface area contributed by atoms with Crippen LogP contribution in [0.5, 0.6) is 5.75 Å². The highest BCUT2D eigenvalue weighted by molar-refractivity contribution is 5.96. The zero-order chi connectivity index (χ0) is 26.0. The van der Waals surface area contributed by atoms with Crippen molar-refractivity contribution in [1.82, 2.24) is 9.47 Å². The average molecular weight is 505 g/mol. The van der Waals surface area contributed by atoms with Crippen LogP contribution in [0.3, 0.4) is 0 Å². The number of carbonyl (C=O) groups excluding carboxylic acids is 1. The van der Waals surface area contributed by atoms with Crippen LogP contribution in [-0.4, -0.2) is 61.6 Å². The zero-order valence-corrected chi connectivity index (χ0v) is 21.8. The summed E-state index contributed by atoms with van der Waals surface area (Å²) in [4.78, 5) is 14.5. The predicted molar refractivity (Wildman–Crippen MR) is 145 cm³/mol. The molecule has 3 aromatic rings. The van der Waals surface area contributed by atoms with Crippen LogP contribution in [0.25, 0.3) is 22.2 Å². The van der Waals surface area contributed by atoms with Crippen LogP contribution in [0, 0.1) is 11.3 Å². The molecule has 1 N–H and O–H groups in total. The molecule has 2 aromatic carbocycles. The van der Waals surface area contributed by atoms with Gasteiger partial charge in [-0.2, -0.15) is 5.26 Å². The Morgan fingerprint density at radius 3 is 2.70 bits per heavy atom. The summed E-state index contributed by atoms with van der Waals surface area (Å²) in [5.74, 6) is 0.794. The highest BCUT2D eigenvalue weighted by Gasteiger charge is 2.19. The first-order valence-electron chi connectivity index (χ1n) is 13.2. The van der Waals surface area contributed by atoms with E-state index in [4.69, 9.17) is 14.2 Å². The Morgan fingerprint density at radius 2 is 1.95 bits per heavy atom. The normalized spacial score (nSPS) is 13.9. The van der Waals surface area contributed by atoms with Crippen LogP contribution in [0.2, 0.25) is 0 Å². The van der Waals surface area contributed by atoms with Crippen molar-refractivity contribution in [2.45, 2.75) is 39.7 Å². The van der Waals surface area contributed by atoms with E-state index in [2.05, 4.69) is 27.8 Å². The predicted octanol–water partition coefficient (Wildman–Crippen LogP) is 5.65. The first kappa shape index (κ1) is 26.5. The molecule has 8 nitrogen and oxygen atoms in total. The number of nitriles is 1. The average Bonchev–Trinajstić information content (AvgIpc) is 3.25. The minimum atomic E-state index is -0.474. The molecule has 8 heteroatoms.